The summed E-state index contributed by atoms with van der Waals surface area (Å²) in [7, 11) is 0. The van der Waals surface area contributed by atoms with E-state index in [4.69, 9.17) is 5.73 Å². The number of hydrogen-bond acceptors (Lipinski definition) is 3. The number of carbonyl (C=O) groups is 1. The maximum atomic E-state index is 12.0. The van der Waals surface area contributed by atoms with E-state index in [1.165, 1.54) is 0 Å². The average molecular weight is 236 g/mol. The number of carbonyl (C=O) groups excluding carboxylic acids is 1. The van der Waals surface area contributed by atoms with E-state index >= 15 is 0 Å². The molecule has 0 spiro atoms. The summed E-state index contributed by atoms with van der Waals surface area (Å²) < 4.78 is 0. The quantitative estimate of drug-likeness (QED) is 0.844. The van der Waals surface area contributed by atoms with Crippen LogP contribution in [0.25, 0.3) is 0 Å². The Morgan fingerprint density at radius 3 is 2.94 bits per heavy atom. The van der Waals surface area contributed by atoms with Crippen molar-refractivity contribution in [2.45, 2.75) is 13.0 Å². The number of aryl methyl sites for hydroxylation is 1. The van der Waals surface area contributed by atoms with Crippen LogP contribution in [0.4, 0.5) is 5.69 Å². The van der Waals surface area contributed by atoms with Gasteiger partial charge in [0.25, 0.3) is 0 Å². The van der Waals surface area contributed by atoms with Crippen molar-refractivity contribution in [3.05, 3.63) is 29.8 Å². The van der Waals surface area contributed by atoms with Gasteiger partial charge in [-0.1, -0.05) is 18.2 Å². The highest BCUT2D eigenvalue weighted by Gasteiger charge is 2.29. The summed E-state index contributed by atoms with van der Waals surface area (Å²) in [5.74, 6) is 1.66. The summed E-state index contributed by atoms with van der Waals surface area (Å²) in [5.41, 5.74) is 7.87. The first-order valence-electron chi connectivity index (χ1n) is 5.39. The summed E-state index contributed by atoms with van der Waals surface area (Å²) in [5, 5.41) is 0. The van der Waals surface area contributed by atoms with Gasteiger partial charge in [0.1, 0.15) is 0 Å². The fourth-order valence-corrected chi connectivity index (χ4v) is 2.96. The highest BCUT2D eigenvalue weighted by Crippen LogP contribution is 2.27. The van der Waals surface area contributed by atoms with Crippen molar-refractivity contribution in [1.82, 2.24) is 0 Å². The fraction of sp³-hybridized carbons (Fsp3) is 0.417. The lowest BCUT2D eigenvalue weighted by molar-refractivity contribution is -0.116. The van der Waals surface area contributed by atoms with Crippen LogP contribution >= 0.6 is 11.8 Å². The Hall–Kier alpha value is -1.000. The summed E-state index contributed by atoms with van der Waals surface area (Å²) in [4.78, 5) is 13.8. The predicted octanol–water partition coefficient (Wildman–Crippen LogP) is 1.40. The number of benzene rings is 1. The van der Waals surface area contributed by atoms with E-state index in [-0.39, 0.29) is 11.9 Å². The molecule has 4 heteroatoms. The molecule has 1 heterocycles. The lowest BCUT2D eigenvalue weighted by atomic mass is 10.1. The summed E-state index contributed by atoms with van der Waals surface area (Å²) in [6.45, 7) is 2.55. The van der Waals surface area contributed by atoms with Crippen LogP contribution in [0.5, 0.6) is 0 Å². The molecular formula is C12H16N2OS. The van der Waals surface area contributed by atoms with E-state index in [0.717, 1.165) is 17.0 Å². The van der Waals surface area contributed by atoms with Crippen LogP contribution in [-0.2, 0) is 4.79 Å². The number of para-hydroxylation sites is 1. The first kappa shape index (κ1) is 11.5. The lowest BCUT2D eigenvalue weighted by Gasteiger charge is -2.35. The molecule has 1 unspecified atom stereocenters. The van der Waals surface area contributed by atoms with Gasteiger partial charge >= 0.3 is 0 Å². The van der Waals surface area contributed by atoms with Crippen LogP contribution in [0.3, 0.4) is 0 Å². The Kier molecular flexibility index (Phi) is 3.51. The van der Waals surface area contributed by atoms with E-state index in [1.807, 2.05) is 36.1 Å². The maximum Gasteiger partial charge on any atom is 0.237 e. The number of nitrogens with zero attached hydrogens (tertiary/aromatic N) is 1. The molecule has 86 valence electrons. The zero-order chi connectivity index (χ0) is 11.5. The minimum Gasteiger partial charge on any atom is -0.328 e. The van der Waals surface area contributed by atoms with Crippen molar-refractivity contribution in [2.24, 2.45) is 5.73 Å². The Bertz CT molecular complexity index is 394. The van der Waals surface area contributed by atoms with Crippen LogP contribution in [0, 0.1) is 6.92 Å². The maximum absolute atomic E-state index is 12.0. The predicted molar refractivity (Wildman–Crippen MR) is 68.8 cm³/mol. The van der Waals surface area contributed by atoms with Crippen LogP contribution in [0.2, 0.25) is 0 Å². The molecule has 0 bridgehead atoms. The zero-order valence-electron chi connectivity index (χ0n) is 9.35. The van der Waals surface area contributed by atoms with Gasteiger partial charge in [0, 0.05) is 18.0 Å². The average Bonchev–Trinajstić information content (AvgIpc) is 2.30. The molecule has 1 aliphatic rings. The molecule has 1 aliphatic heterocycles. The molecule has 1 atom stereocenters. The first-order chi connectivity index (χ1) is 7.74. The molecule has 0 aliphatic carbocycles. The molecule has 1 fully saturated rings. The van der Waals surface area contributed by atoms with E-state index in [0.29, 0.717) is 12.3 Å². The number of hydrogen-bond donors (Lipinski definition) is 1. The molecule has 0 saturated carbocycles. The minimum atomic E-state index is 0.132. The largest absolute Gasteiger partial charge is 0.328 e. The monoisotopic (exact) mass is 236 g/mol. The van der Waals surface area contributed by atoms with Crippen LogP contribution in [0.1, 0.15) is 5.56 Å². The van der Waals surface area contributed by atoms with Crippen molar-refractivity contribution < 1.29 is 4.79 Å². The number of thioether (sulfide) groups is 1. The smallest absolute Gasteiger partial charge is 0.237 e. The highest BCUT2D eigenvalue weighted by atomic mass is 32.2. The van der Waals surface area contributed by atoms with Crippen molar-refractivity contribution >= 4 is 23.4 Å². The number of nitrogens with two attached hydrogens (primary N) is 1. The summed E-state index contributed by atoms with van der Waals surface area (Å²) in [6, 6.07) is 8.10. The van der Waals surface area contributed by atoms with E-state index in [9.17, 15) is 4.79 Å². The molecule has 1 amide bonds. The van der Waals surface area contributed by atoms with Crippen molar-refractivity contribution in [2.75, 3.05) is 23.0 Å². The third-order valence-corrected chi connectivity index (χ3v) is 3.89. The van der Waals surface area contributed by atoms with Gasteiger partial charge in [-0.3, -0.25) is 4.79 Å². The molecule has 0 aromatic heterocycles. The Balaban J connectivity index is 2.36. The SMILES string of the molecule is Cc1ccccc1N1C(=O)CSCC1CN. The Morgan fingerprint density at radius 1 is 1.50 bits per heavy atom. The van der Waals surface area contributed by atoms with Crippen LogP contribution in [0.15, 0.2) is 24.3 Å². The second-order valence-electron chi connectivity index (χ2n) is 3.95. The fourth-order valence-electron chi connectivity index (χ4n) is 1.97. The molecule has 3 nitrogen and oxygen atoms in total. The van der Waals surface area contributed by atoms with Crippen LogP contribution in [-0.4, -0.2) is 30.0 Å². The summed E-state index contributed by atoms with van der Waals surface area (Å²) in [6.07, 6.45) is 0. The van der Waals surface area contributed by atoms with Gasteiger partial charge in [-0.15, -0.1) is 11.8 Å². The molecule has 16 heavy (non-hydrogen) atoms. The second-order valence-corrected chi connectivity index (χ2v) is 4.99. The molecule has 2 rings (SSSR count). The number of anilines is 1. The minimum absolute atomic E-state index is 0.132. The molecule has 0 radical (unpaired) electrons. The Morgan fingerprint density at radius 2 is 2.25 bits per heavy atom. The van der Waals surface area contributed by atoms with E-state index in [2.05, 4.69) is 0 Å². The molecule has 1 saturated heterocycles. The van der Waals surface area contributed by atoms with Gasteiger partial charge in [-0.05, 0) is 18.6 Å². The van der Waals surface area contributed by atoms with Gasteiger partial charge in [-0.2, -0.15) is 0 Å². The highest BCUT2D eigenvalue weighted by molar-refractivity contribution is 8.00. The third kappa shape index (κ3) is 2.08. The number of amides is 1. The van der Waals surface area contributed by atoms with Crippen LogP contribution < -0.4 is 10.6 Å². The van der Waals surface area contributed by atoms with Gasteiger partial charge in [-0.25, -0.2) is 0 Å². The van der Waals surface area contributed by atoms with Gasteiger partial charge in [0.2, 0.25) is 5.91 Å². The lowest BCUT2D eigenvalue weighted by Crippen LogP contribution is -2.50. The topological polar surface area (TPSA) is 46.3 Å². The number of rotatable bonds is 2. The third-order valence-electron chi connectivity index (χ3n) is 2.82. The van der Waals surface area contributed by atoms with Crippen molar-refractivity contribution in [3.8, 4) is 0 Å². The summed E-state index contributed by atoms with van der Waals surface area (Å²) >= 11 is 1.67. The second kappa shape index (κ2) is 4.89. The standard InChI is InChI=1S/C12H16N2OS/c1-9-4-2-3-5-11(9)14-10(6-13)7-16-8-12(14)15/h2-5,10H,6-8,13H2,1H3. The molecule has 1 aromatic rings. The van der Waals surface area contributed by atoms with E-state index in [1.54, 1.807) is 11.8 Å². The normalized spacial score (nSPS) is 21.2. The van der Waals surface area contributed by atoms with Gasteiger partial charge in [0.15, 0.2) is 0 Å². The van der Waals surface area contributed by atoms with Gasteiger partial charge < -0.3 is 10.6 Å². The first-order valence-corrected chi connectivity index (χ1v) is 6.55. The zero-order valence-corrected chi connectivity index (χ0v) is 10.2. The van der Waals surface area contributed by atoms with E-state index < -0.39 is 0 Å². The van der Waals surface area contributed by atoms with Crippen molar-refractivity contribution in [3.63, 3.8) is 0 Å². The Labute approximate surface area is 100.0 Å². The molecule has 1 aromatic carbocycles. The molecule has 2 N–H and O–H groups in total. The van der Waals surface area contributed by atoms with Gasteiger partial charge in [0.05, 0.1) is 11.8 Å². The van der Waals surface area contributed by atoms with Crippen molar-refractivity contribution in [1.29, 1.82) is 0 Å². The molecular weight excluding hydrogens is 220 g/mol.